The fourth-order valence-electron chi connectivity index (χ4n) is 1.61. The molecule has 0 aliphatic heterocycles. The second-order valence-corrected chi connectivity index (χ2v) is 6.47. The molecule has 0 aromatic heterocycles. The van der Waals surface area contributed by atoms with E-state index in [-0.39, 0.29) is 24.1 Å². The molecule has 0 aliphatic carbocycles. The van der Waals surface area contributed by atoms with Crippen molar-refractivity contribution in [1.82, 2.24) is 5.32 Å². The fourth-order valence-corrected chi connectivity index (χ4v) is 1.95. The molecule has 0 unspecified atom stereocenters. The Bertz CT molecular complexity index is 453. The molecule has 1 atom stereocenters. The summed E-state index contributed by atoms with van der Waals surface area (Å²) in [6.07, 6.45) is 0. The summed E-state index contributed by atoms with van der Waals surface area (Å²) in [5.41, 5.74) is 6.50. The van der Waals surface area contributed by atoms with Gasteiger partial charge in [-0.15, -0.1) is 0 Å². The van der Waals surface area contributed by atoms with Crippen molar-refractivity contribution in [3.63, 3.8) is 0 Å². The summed E-state index contributed by atoms with van der Waals surface area (Å²) < 4.78 is 6.46. The molecule has 0 spiro atoms. The number of nitrogens with two attached hydrogens (primary N) is 1. The van der Waals surface area contributed by atoms with E-state index in [2.05, 4.69) is 21.2 Å². The van der Waals surface area contributed by atoms with Crippen LogP contribution < -0.4 is 15.8 Å². The van der Waals surface area contributed by atoms with Gasteiger partial charge in [-0.25, -0.2) is 0 Å². The molecule has 1 rings (SSSR count). The minimum Gasteiger partial charge on any atom is -0.483 e. The Balaban J connectivity index is 2.72. The van der Waals surface area contributed by atoms with Gasteiger partial charge in [0.05, 0.1) is 0 Å². The highest BCUT2D eigenvalue weighted by Gasteiger charge is 2.15. The van der Waals surface area contributed by atoms with Crippen LogP contribution in [0.25, 0.3) is 0 Å². The zero-order chi connectivity index (χ0) is 14.6. The maximum atomic E-state index is 11.7. The lowest BCUT2D eigenvalue weighted by Crippen LogP contribution is -2.43. The zero-order valence-electron chi connectivity index (χ0n) is 11.8. The van der Waals surface area contributed by atoms with Crippen LogP contribution in [0.3, 0.4) is 0 Å². The highest BCUT2D eigenvalue weighted by molar-refractivity contribution is 9.10. The van der Waals surface area contributed by atoms with Crippen molar-refractivity contribution in [2.24, 2.45) is 5.73 Å². The first-order valence-corrected chi connectivity index (χ1v) is 6.97. The van der Waals surface area contributed by atoms with Crippen molar-refractivity contribution in [2.75, 3.05) is 6.61 Å². The van der Waals surface area contributed by atoms with E-state index in [0.717, 1.165) is 10.0 Å². The van der Waals surface area contributed by atoms with Crippen molar-refractivity contribution in [2.45, 2.75) is 39.3 Å². The summed E-state index contributed by atoms with van der Waals surface area (Å²) in [4.78, 5) is 11.7. The molecule has 0 bridgehead atoms. The number of amides is 1. The molecule has 106 valence electrons. The molecule has 0 aliphatic rings. The Kier molecular flexibility index (Phi) is 5.38. The highest BCUT2D eigenvalue weighted by Crippen LogP contribution is 2.27. The number of rotatable bonds is 4. The Morgan fingerprint density at radius 3 is 2.63 bits per heavy atom. The predicted molar refractivity (Wildman–Crippen MR) is 80.1 cm³/mol. The van der Waals surface area contributed by atoms with E-state index >= 15 is 0 Å². The van der Waals surface area contributed by atoms with Crippen LogP contribution in [0, 0.1) is 0 Å². The molecule has 4 nitrogen and oxygen atoms in total. The molecule has 0 fully saturated rings. The Labute approximate surface area is 122 Å². The first-order valence-electron chi connectivity index (χ1n) is 6.18. The summed E-state index contributed by atoms with van der Waals surface area (Å²) in [7, 11) is 0. The van der Waals surface area contributed by atoms with Gasteiger partial charge in [-0.05, 0) is 39.8 Å². The second-order valence-electron chi connectivity index (χ2n) is 5.56. The van der Waals surface area contributed by atoms with Crippen LogP contribution in [-0.4, -0.2) is 18.1 Å². The second kappa shape index (κ2) is 6.39. The van der Waals surface area contributed by atoms with E-state index in [9.17, 15) is 4.79 Å². The third-order valence-electron chi connectivity index (χ3n) is 2.34. The van der Waals surface area contributed by atoms with Gasteiger partial charge in [-0.2, -0.15) is 0 Å². The van der Waals surface area contributed by atoms with E-state index in [4.69, 9.17) is 10.5 Å². The largest absolute Gasteiger partial charge is 0.483 e. The maximum absolute atomic E-state index is 11.7. The molecular weight excluding hydrogens is 308 g/mol. The number of carbonyl (C=O) groups excluding carboxylic acids is 1. The summed E-state index contributed by atoms with van der Waals surface area (Å²) in [5.74, 6) is 0.483. The average molecular weight is 329 g/mol. The summed E-state index contributed by atoms with van der Waals surface area (Å²) >= 11 is 3.38. The summed E-state index contributed by atoms with van der Waals surface area (Å²) in [5, 5.41) is 2.85. The predicted octanol–water partition coefficient (Wildman–Crippen LogP) is 2.76. The van der Waals surface area contributed by atoms with E-state index in [0.29, 0.717) is 5.75 Å². The standard InChI is InChI=1S/C14H21BrN2O2/c1-9(16)11-6-5-10(15)7-12(11)19-8-13(18)17-14(2,3)4/h5-7,9H,8,16H2,1-4H3,(H,17,18)/t9-/m1/s1. The van der Waals surface area contributed by atoms with Crippen molar-refractivity contribution in [3.05, 3.63) is 28.2 Å². The zero-order valence-corrected chi connectivity index (χ0v) is 13.4. The van der Waals surface area contributed by atoms with Crippen LogP contribution in [0.1, 0.15) is 39.3 Å². The smallest absolute Gasteiger partial charge is 0.258 e. The van der Waals surface area contributed by atoms with Crippen LogP contribution in [0.5, 0.6) is 5.75 Å². The van der Waals surface area contributed by atoms with Crippen LogP contribution in [-0.2, 0) is 4.79 Å². The first kappa shape index (κ1) is 16.0. The highest BCUT2D eigenvalue weighted by atomic mass is 79.9. The molecule has 0 radical (unpaired) electrons. The van der Waals surface area contributed by atoms with Crippen molar-refractivity contribution in [3.8, 4) is 5.75 Å². The molecule has 1 aromatic rings. The van der Waals surface area contributed by atoms with Gasteiger partial charge in [0, 0.05) is 21.6 Å². The SMILES string of the molecule is C[C@@H](N)c1ccc(Br)cc1OCC(=O)NC(C)(C)C. The number of hydrogen-bond acceptors (Lipinski definition) is 3. The lowest BCUT2D eigenvalue weighted by molar-refractivity contribution is -0.124. The number of hydrogen-bond donors (Lipinski definition) is 2. The lowest BCUT2D eigenvalue weighted by Gasteiger charge is -2.21. The minimum absolute atomic E-state index is 0.0204. The Morgan fingerprint density at radius 2 is 2.11 bits per heavy atom. The van der Waals surface area contributed by atoms with Gasteiger partial charge >= 0.3 is 0 Å². The number of ether oxygens (including phenoxy) is 1. The third-order valence-corrected chi connectivity index (χ3v) is 2.83. The average Bonchev–Trinajstić information content (AvgIpc) is 2.23. The molecule has 5 heteroatoms. The molecule has 3 N–H and O–H groups in total. The first-order chi connectivity index (χ1) is 8.69. The quantitative estimate of drug-likeness (QED) is 0.893. The van der Waals surface area contributed by atoms with Gasteiger partial charge in [0.15, 0.2) is 6.61 Å². The molecule has 19 heavy (non-hydrogen) atoms. The molecular formula is C14H21BrN2O2. The molecule has 1 amide bonds. The molecule has 1 aromatic carbocycles. The monoisotopic (exact) mass is 328 g/mol. The minimum atomic E-state index is -0.262. The van der Waals surface area contributed by atoms with Gasteiger partial charge in [0.25, 0.3) is 5.91 Å². The van der Waals surface area contributed by atoms with E-state index in [1.165, 1.54) is 0 Å². The van der Waals surface area contributed by atoms with Crippen molar-refractivity contribution >= 4 is 21.8 Å². The van der Waals surface area contributed by atoms with E-state index in [1.54, 1.807) is 0 Å². The summed E-state index contributed by atoms with van der Waals surface area (Å²) in [6, 6.07) is 5.48. The molecule has 0 heterocycles. The number of nitrogens with one attached hydrogen (secondary N) is 1. The Hall–Kier alpha value is -1.07. The van der Waals surface area contributed by atoms with Crippen LogP contribution in [0.4, 0.5) is 0 Å². The molecule has 0 saturated heterocycles. The summed E-state index contributed by atoms with van der Waals surface area (Å²) in [6.45, 7) is 7.64. The van der Waals surface area contributed by atoms with E-state index < -0.39 is 0 Å². The molecule has 0 saturated carbocycles. The van der Waals surface area contributed by atoms with Gasteiger partial charge < -0.3 is 15.8 Å². The lowest BCUT2D eigenvalue weighted by atomic mass is 10.1. The number of halogens is 1. The number of carbonyl (C=O) groups is 1. The Morgan fingerprint density at radius 1 is 1.47 bits per heavy atom. The maximum Gasteiger partial charge on any atom is 0.258 e. The van der Waals surface area contributed by atoms with Crippen LogP contribution >= 0.6 is 15.9 Å². The van der Waals surface area contributed by atoms with E-state index in [1.807, 2.05) is 45.9 Å². The topological polar surface area (TPSA) is 64.3 Å². The van der Waals surface area contributed by atoms with Crippen molar-refractivity contribution in [1.29, 1.82) is 0 Å². The van der Waals surface area contributed by atoms with Crippen LogP contribution in [0.15, 0.2) is 22.7 Å². The third kappa shape index (κ3) is 5.61. The fraction of sp³-hybridized carbons (Fsp3) is 0.500. The van der Waals surface area contributed by atoms with Gasteiger partial charge in [0.1, 0.15) is 5.75 Å². The number of benzene rings is 1. The van der Waals surface area contributed by atoms with Gasteiger partial charge in [0.2, 0.25) is 0 Å². The van der Waals surface area contributed by atoms with Crippen LogP contribution in [0.2, 0.25) is 0 Å². The normalized spacial score (nSPS) is 12.9. The van der Waals surface area contributed by atoms with Gasteiger partial charge in [-0.1, -0.05) is 22.0 Å². The van der Waals surface area contributed by atoms with Gasteiger partial charge in [-0.3, -0.25) is 4.79 Å². The van der Waals surface area contributed by atoms with Crippen molar-refractivity contribution < 1.29 is 9.53 Å².